The molecule has 0 aliphatic carbocycles. The first-order valence-electron chi connectivity index (χ1n) is 26.4. The third-order valence-electron chi connectivity index (χ3n) is 12.1. The fourth-order valence-corrected chi connectivity index (χ4v) is 7.75. The highest BCUT2D eigenvalue weighted by molar-refractivity contribution is 6.00. The average Bonchev–Trinajstić information content (AvgIpc) is 1.65. The van der Waals surface area contributed by atoms with Crippen molar-refractivity contribution in [3.8, 4) is 17.1 Å². The summed E-state index contributed by atoms with van der Waals surface area (Å²) in [5.41, 5.74) is 16.2. The number of aryl methyl sites for hydroxylation is 3. The van der Waals surface area contributed by atoms with Gasteiger partial charge in [0.1, 0.15) is 22.9 Å². The number of carbonyl (C=O) groups is 2. The number of hydrazone groups is 1. The van der Waals surface area contributed by atoms with Gasteiger partial charge in [0.15, 0.2) is 0 Å². The van der Waals surface area contributed by atoms with Gasteiger partial charge < -0.3 is 16.6 Å². The van der Waals surface area contributed by atoms with E-state index >= 15 is 0 Å². The molecule has 1 atom stereocenters. The van der Waals surface area contributed by atoms with Crippen molar-refractivity contribution in [1.82, 2.24) is 29.3 Å². The minimum absolute atomic E-state index is 0. The Kier molecular flexibility index (Phi) is 27.2. The third kappa shape index (κ3) is 22.9. The van der Waals surface area contributed by atoms with Crippen LogP contribution in [0.1, 0.15) is 66.4 Å². The molecule has 1 aliphatic heterocycles. The van der Waals surface area contributed by atoms with Gasteiger partial charge in [0, 0.05) is 71.4 Å². The van der Waals surface area contributed by atoms with Gasteiger partial charge in [0.05, 0.1) is 61.0 Å². The second kappa shape index (κ2) is 32.9. The molecule has 5 aromatic carbocycles. The second-order valence-corrected chi connectivity index (χ2v) is 19.7. The Morgan fingerprint density at radius 1 is 0.577 bits per heavy atom. The van der Waals surface area contributed by atoms with Crippen LogP contribution in [0.3, 0.4) is 0 Å². The lowest BCUT2D eigenvalue weighted by Crippen LogP contribution is -2.55. The van der Waals surface area contributed by atoms with E-state index in [2.05, 4.69) is 30.4 Å². The van der Waals surface area contributed by atoms with Crippen LogP contribution in [0.2, 0.25) is 0 Å². The van der Waals surface area contributed by atoms with Crippen molar-refractivity contribution in [2.45, 2.75) is 90.6 Å². The molecule has 0 saturated carbocycles. The Morgan fingerprint density at radius 3 is 1.18 bits per heavy atom. The number of hydrogen-bond acceptors (Lipinski definition) is 17. The summed E-state index contributed by atoms with van der Waals surface area (Å²) in [6.07, 6.45) is -24.9. The number of hydrogen-bond donors (Lipinski definition) is 3. The van der Waals surface area contributed by atoms with E-state index in [1.165, 1.54) is 100 Å². The van der Waals surface area contributed by atoms with Crippen molar-refractivity contribution < 1.29 is 95.3 Å². The molecule has 3 aromatic heterocycles. The van der Waals surface area contributed by atoms with E-state index in [1.807, 2.05) is 0 Å². The topological polar surface area (TPSA) is 354 Å². The zero-order valence-corrected chi connectivity index (χ0v) is 50.9. The van der Waals surface area contributed by atoms with Gasteiger partial charge in [0.2, 0.25) is 5.78 Å². The van der Waals surface area contributed by atoms with Crippen LogP contribution in [-0.2, 0) is 34.7 Å². The van der Waals surface area contributed by atoms with E-state index in [9.17, 15) is 111 Å². The highest BCUT2D eigenvalue weighted by Gasteiger charge is 2.61. The van der Waals surface area contributed by atoms with E-state index in [0.717, 1.165) is 81.1 Å². The SMILES string of the molecule is CC(=O)CC(=O)C(F)(F)F.CC1=NN(c2ccc([N+](=O)[O-])cc2)C(O)(C(F)(F)F)C1.Cc1cc(C(F)(F)F)n(-c2ccc(N)cc2)n1.Cc1cc(C(F)(F)F)n(-c2ccc(N=[N+]=[N-])cc2)n1.Cc1cc(C(F)(F)F)n(-c2ccc([N+](=O)[O-])cc2)n1.Cl.NCc1ccc([N+](=O)[O-])cc1. The van der Waals surface area contributed by atoms with Gasteiger partial charge in [-0.2, -0.15) is 86.3 Å². The van der Waals surface area contributed by atoms with Crippen LogP contribution in [0, 0.1) is 51.1 Å². The monoisotopic (exact) mass is 1410 g/mol. The van der Waals surface area contributed by atoms with Crippen molar-refractivity contribution >= 4 is 63.8 Å². The maximum Gasteiger partial charge on any atom is 0.450 e. The molecule has 520 valence electrons. The number of carbonyl (C=O) groups excluding carboxylic acids is 2. The third-order valence-corrected chi connectivity index (χ3v) is 12.1. The summed E-state index contributed by atoms with van der Waals surface area (Å²) in [7, 11) is 0. The predicted molar refractivity (Wildman–Crippen MR) is 319 cm³/mol. The van der Waals surface area contributed by atoms with Gasteiger partial charge >= 0.3 is 30.9 Å². The molecule has 25 nitrogen and oxygen atoms in total. The molecule has 97 heavy (non-hydrogen) atoms. The van der Waals surface area contributed by atoms with E-state index in [1.54, 1.807) is 12.1 Å². The van der Waals surface area contributed by atoms with Gasteiger partial charge in [-0.05, 0) is 125 Å². The number of ketones is 2. The van der Waals surface area contributed by atoms with Gasteiger partial charge in [-0.3, -0.25) is 39.9 Å². The fourth-order valence-electron chi connectivity index (χ4n) is 7.75. The van der Waals surface area contributed by atoms with Gasteiger partial charge in [-0.1, -0.05) is 29.4 Å². The molecular formula is C56H50ClF15N16O9. The molecule has 0 radical (unpaired) electrons. The fraction of sp³-hybridized carbons (Fsp3) is 0.250. The Balaban J connectivity index is 0.000000307. The number of alkyl halides is 15. The van der Waals surface area contributed by atoms with E-state index in [4.69, 9.17) is 17.0 Å². The van der Waals surface area contributed by atoms with Gasteiger partial charge in [-0.15, -0.1) is 12.4 Å². The molecule has 41 heteroatoms. The first-order chi connectivity index (χ1) is 44.3. The normalized spacial score (nSPS) is 13.5. The standard InChI is InChI=1S/C11H8F3N5.C11H10F3N3O3.C11H8F3N3O2.C11H10F3N3.C7H8N2O2.C5H5F3O2.ClH/c1-7-6-10(11(12,13)14)19(17-7)9-4-2-8(3-5-9)16-18-15;1-7-6-10(18,11(12,13)14)16(15-7)8-2-4-9(5-3-8)17(19)20;1-7-6-10(11(12,13)14)16(15-7)8-2-4-9(5-3-8)17(18)19;1-7-6-10(11(12,13)14)17(16-7)9-4-2-8(15)3-5-9;8-5-6-1-3-7(4-2-6)9(10)11;1-3(9)2-4(10)5(6,7)8;/h2-6H,1H3;2-5,18H,6H2,1H3;2-6H,1H3;2-6H,15H2,1H3;1-4H,5,8H2;2H2,1H3;1H. The minimum Gasteiger partial charge on any atom is -0.399 e. The molecule has 1 unspecified atom stereocenters. The summed E-state index contributed by atoms with van der Waals surface area (Å²) in [5, 5.41) is 59.9. The van der Waals surface area contributed by atoms with E-state index in [0.29, 0.717) is 34.3 Å². The molecule has 8 aromatic rings. The second-order valence-electron chi connectivity index (χ2n) is 19.7. The van der Waals surface area contributed by atoms with E-state index in [-0.39, 0.29) is 63.6 Å². The van der Waals surface area contributed by atoms with E-state index < -0.39 is 92.9 Å². The van der Waals surface area contributed by atoms with Crippen molar-refractivity contribution in [3.63, 3.8) is 0 Å². The van der Waals surface area contributed by atoms with Crippen LogP contribution in [0.5, 0.6) is 0 Å². The lowest BCUT2D eigenvalue weighted by atomic mass is 10.1. The highest BCUT2D eigenvalue weighted by atomic mass is 35.5. The summed E-state index contributed by atoms with van der Waals surface area (Å²) in [5.74, 6) is -2.76. The smallest absolute Gasteiger partial charge is 0.399 e. The molecule has 0 fully saturated rings. The van der Waals surface area contributed by atoms with Gasteiger partial charge in [0.25, 0.3) is 22.8 Å². The van der Waals surface area contributed by atoms with Crippen molar-refractivity contribution in [1.29, 1.82) is 0 Å². The number of azide groups is 1. The largest absolute Gasteiger partial charge is 0.450 e. The van der Waals surface area contributed by atoms with Crippen LogP contribution in [0.4, 0.5) is 100.0 Å². The Labute approximate surface area is 541 Å². The number of nitro benzene ring substituents is 3. The molecule has 0 spiro atoms. The number of nitrogens with two attached hydrogens (primary N) is 2. The number of non-ortho nitro benzene ring substituents is 3. The van der Waals surface area contributed by atoms with Crippen LogP contribution in [-0.4, -0.2) is 84.6 Å². The highest BCUT2D eigenvalue weighted by Crippen LogP contribution is 2.43. The summed E-state index contributed by atoms with van der Waals surface area (Å²) in [6.45, 7) is 7.16. The molecule has 0 amide bonds. The number of nitrogen functional groups attached to an aromatic ring is 1. The maximum atomic E-state index is 13.0. The first kappa shape index (κ1) is 80.2. The number of benzene rings is 5. The minimum atomic E-state index is -4.91. The number of nitrogens with zero attached hydrogens (tertiary/aromatic N) is 14. The zero-order valence-electron chi connectivity index (χ0n) is 50.1. The maximum absolute atomic E-state index is 13.0. The molecular weight excluding hydrogens is 1360 g/mol. The Hall–Kier alpha value is -11.0. The molecule has 0 saturated heterocycles. The van der Waals surface area contributed by atoms with Crippen molar-refractivity contribution in [3.05, 3.63) is 220 Å². The van der Waals surface area contributed by atoms with Crippen LogP contribution in [0.15, 0.2) is 150 Å². The zero-order chi connectivity index (χ0) is 72.6. The molecule has 4 heterocycles. The van der Waals surface area contributed by atoms with Crippen LogP contribution < -0.4 is 16.5 Å². The number of aliphatic hydroxyl groups is 1. The number of anilines is 2. The molecule has 0 bridgehead atoms. The molecule has 1 aliphatic rings. The summed E-state index contributed by atoms with van der Waals surface area (Å²) in [6, 6.07) is 29.8. The van der Waals surface area contributed by atoms with Crippen molar-refractivity contribution in [2.75, 3.05) is 10.7 Å². The average molecular weight is 1410 g/mol. The molecule has 9 rings (SSSR count). The summed E-state index contributed by atoms with van der Waals surface area (Å²) in [4.78, 5) is 51.9. The number of Topliss-reactive ketones (excluding diaryl/α,β-unsaturated/α-hetero) is 2. The van der Waals surface area contributed by atoms with Crippen LogP contribution >= 0.6 is 12.4 Å². The Bertz CT molecular complexity index is 4000. The quantitative estimate of drug-likeness (QED) is 0.0158. The Morgan fingerprint density at radius 2 is 0.897 bits per heavy atom. The number of aromatic nitrogens is 6. The first-order valence-corrected chi connectivity index (χ1v) is 26.4. The lowest BCUT2D eigenvalue weighted by Gasteiger charge is -2.34. The number of rotatable bonds is 11. The van der Waals surface area contributed by atoms with Crippen molar-refractivity contribution in [2.24, 2.45) is 15.9 Å². The number of nitro groups is 3. The van der Waals surface area contributed by atoms with Gasteiger partial charge in [-0.25, -0.2) is 19.1 Å². The summed E-state index contributed by atoms with van der Waals surface area (Å²) < 4.78 is 190. The predicted octanol–water partition coefficient (Wildman–Crippen LogP) is 15.0. The molecule has 5 N–H and O–H groups in total. The summed E-state index contributed by atoms with van der Waals surface area (Å²) >= 11 is 0. The lowest BCUT2D eigenvalue weighted by molar-refractivity contribution is -0.385. The van der Waals surface area contributed by atoms with Crippen LogP contribution in [0.25, 0.3) is 27.5 Å². The number of halogens is 16.